The predicted molar refractivity (Wildman–Crippen MR) is 64.9 cm³/mol. The lowest BCUT2D eigenvalue weighted by Gasteiger charge is -2.09. The fourth-order valence-corrected chi connectivity index (χ4v) is 1.28. The Morgan fingerprint density at radius 2 is 1.56 bits per heavy atom. The van der Waals surface area contributed by atoms with E-state index in [9.17, 15) is 14.9 Å². The summed E-state index contributed by atoms with van der Waals surface area (Å²) in [5, 5.41) is 9.55. The van der Waals surface area contributed by atoms with Crippen LogP contribution in [-0.4, -0.2) is 36.6 Å². The van der Waals surface area contributed by atoms with E-state index in [4.69, 9.17) is 21.1 Å². The van der Waals surface area contributed by atoms with Gasteiger partial charge in [-0.1, -0.05) is 0 Å². The third-order valence-corrected chi connectivity index (χ3v) is 2.27. The minimum absolute atomic E-state index is 0.0586. The van der Waals surface area contributed by atoms with Gasteiger partial charge in [0.1, 0.15) is 0 Å². The van der Waals surface area contributed by atoms with Crippen LogP contribution in [0.1, 0.15) is 10.4 Å². The first kappa shape index (κ1) is 14.6. The molecule has 0 N–H and O–H groups in total. The van der Waals surface area contributed by atoms with E-state index in [1.54, 1.807) is 0 Å². The van der Waals surface area contributed by atoms with Crippen molar-refractivity contribution in [3.05, 3.63) is 39.9 Å². The van der Waals surface area contributed by atoms with Gasteiger partial charge < -0.3 is 9.47 Å². The standard InChI is InChI=1S/C7H4ClNO3.C4H8O2/c8-7(10)5-1-3-6(4-2-5)9(11)12;1-2-6-4-3-5-1/h1-4H;1-4H2. The SMILES string of the molecule is C1COCCO1.O=C(Cl)c1ccc([N+](=O)[O-])cc1. The Morgan fingerprint density at radius 3 is 1.83 bits per heavy atom. The Kier molecular flexibility index (Phi) is 6.27. The van der Waals surface area contributed by atoms with Crippen molar-refractivity contribution in [2.45, 2.75) is 0 Å². The van der Waals surface area contributed by atoms with Gasteiger partial charge in [0.25, 0.3) is 10.9 Å². The van der Waals surface area contributed by atoms with Crippen molar-refractivity contribution in [1.29, 1.82) is 0 Å². The summed E-state index contributed by atoms with van der Waals surface area (Å²) in [6.07, 6.45) is 0. The largest absolute Gasteiger partial charge is 0.377 e. The molecule has 0 unspecified atom stereocenters. The number of rotatable bonds is 2. The zero-order valence-corrected chi connectivity index (χ0v) is 10.3. The first-order valence-electron chi connectivity index (χ1n) is 5.21. The van der Waals surface area contributed by atoms with Crippen molar-refractivity contribution in [2.24, 2.45) is 0 Å². The van der Waals surface area contributed by atoms with Gasteiger partial charge in [-0.3, -0.25) is 14.9 Å². The van der Waals surface area contributed by atoms with Crippen LogP contribution < -0.4 is 0 Å². The second-order valence-corrected chi connectivity index (χ2v) is 3.65. The fraction of sp³-hybridized carbons (Fsp3) is 0.364. The van der Waals surface area contributed by atoms with Crippen LogP contribution in [-0.2, 0) is 9.47 Å². The highest BCUT2D eigenvalue weighted by Gasteiger charge is 2.06. The second kappa shape index (κ2) is 7.75. The maximum Gasteiger partial charge on any atom is 0.269 e. The molecule has 0 aromatic heterocycles. The van der Waals surface area contributed by atoms with E-state index in [0.29, 0.717) is 0 Å². The summed E-state index contributed by atoms with van der Waals surface area (Å²) in [5.74, 6) is 0. The molecule has 0 saturated carbocycles. The molecule has 18 heavy (non-hydrogen) atoms. The van der Waals surface area contributed by atoms with Gasteiger partial charge in [-0.15, -0.1) is 0 Å². The molecule has 0 radical (unpaired) electrons. The number of carbonyl (C=O) groups excluding carboxylic acids is 1. The smallest absolute Gasteiger partial charge is 0.269 e. The molecule has 7 heteroatoms. The third-order valence-electron chi connectivity index (χ3n) is 2.05. The summed E-state index contributed by atoms with van der Waals surface area (Å²) < 4.78 is 9.89. The molecule has 1 aliphatic rings. The summed E-state index contributed by atoms with van der Waals surface area (Å²) in [4.78, 5) is 20.2. The van der Waals surface area contributed by atoms with Crippen LogP contribution in [0.5, 0.6) is 0 Å². The minimum atomic E-state index is -0.620. The van der Waals surface area contributed by atoms with Crippen LogP contribution in [0.2, 0.25) is 0 Å². The van der Waals surface area contributed by atoms with Gasteiger partial charge in [0, 0.05) is 17.7 Å². The van der Waals surface area contributed by atoms with Crippen molar-refractivity contribution in [2.75, 3.05) is 26.4 Å². The third kappa shape index (κ3) is 5.22. The quantitative estimate of drug-likeness (QED) is 0.468. The molecule has 1 fully saturated rings. The summed E-state index contributed by atoms with van der Waals surface area (Å²) in [7, 11) is 0. The number of nitro benzene ring substituents is 1. The first-order chi connectivity index (χ1) is 8.61. The number of hydrogen-bond acceptors (Lipinski definition) is 5. The van der Waals surface area contributed by atoms with Gasteiger partial charge in [-0.2, -0.15) is 0 Å². The summed E-state index contributed by atoms with van der Waals surface area (Å²) in [6.45, 7) is 3.11. The van der Waals surface area contributed by atoms with Crippen LogP contribution in [0.15, 0.2) is 24.3 Å². The van der Waals surface area contributed by atoms with Crippen molar-refractivity contribution in [3.63, 3.8) is 0 Å². The Labute approximate surface area is 109 Å². The van der Waals surface area contributed by atoms with E-state index in [1.807, 2.05) is 0 Å². The lowest BCUT2D eigenvalue weighted by molar-refractivity contribution is -0.384. The lowest BCUT2D eigenvalue weighted by atomic mass is 10.2. The van der Waals surface area contributed by atoms with Crippen molar-refractivity contribution in [1.82, 2.24) is 0 Å². The molecule has 0 atom stereocenters. The number of halogens is 1. The molecule has 1 heterocycles. The predicted octanol–water partition coefficient (Wildman–Crippen LogP) is 2.01. The van der Waals surface area contributed by atoms with E-state index in [2.05, 4.69) is 0 Å². The van der Waals surface area contributed by atoms with Gasteiger partial charge >= 0.3 is 0 Å². The number of benzene rings is 1. The molecule has 1 aliphatic heterocycles. The van der Waals surface area contributed by atoms with Crippen molar-refractivity contribution in [3.8, 4) is 0 Å². The van der Waals surface area contributed by atoms with Crippen LogP contribution in [0.25, 0.3) is 0 Å². The Hall–Kier alpha value is -1.50. The Morgan fingerprint density at radius 1 is 1.11 bits per heavy atom. The highest BCUT2D eigenvalue weighted by molar-refractivity contribution is 6.67. The molecule has 2 rings (SSSR count). The molecule has 1 aromatic rings. The van der Waals surface area contributed by atoms with Crippen LogP contribution in [0.4, 0.5) is 5.69 Å². The molecular formula is C11H12ClNO5. The number of hydrogen-bond donors (Lipinski definition) is 0. The van der Waals surface area contributed by atoms with Crippen LogP contribution in [0.3, 0.4) is 0 Å². The number of carbonyl (C=O) groups is 1. The number of non-ortho nitro benzene ring substituents is 1. The molecule has 0 aliphatic carbocycles. The number of nitro groups is 1. The maximum absolute atomic E-state index is 10.5. The average molecular weight is 274 g/mol. The molecule has 1 aromatic carbocycles. The van der Waals surface area contributed by atoms with Crippen LogP contribution >= 0.6 is 11.6 Å². The molecule has 98 valence electrons. The highest BCUT2D eigenvalue weighted by atomic mass is 35.5. The van der Waals surface area contributed by atoms with Gasteiger partial charge in [-0.05, 0) is 23.7 Å². The summed E-state index contributed by atoms with van der Waals surface area (Å²) in [6, 6.07) is 5.09. The number of ether oxygens (including phenoxy) is 2. The first-order valence-corrected chi connectivity index (χ1v) is 5.59. The minimum Gasteiger partial charge on any atom is -0.377 e. The molecule has 0 bridgehead atoms. The van der Waals surface area contributed by atoms with Crippen molar-refractivity contribution < 1.29 is 19.2 Å². The zero-order valence-electron chi connectivity index (χ0n) is 9.50. The number of nitrogens with zero attached hydrogens (tertiary/aromatic N) is 1. The van der Waals surface area contributed by atoms with Gasteiger partial charge in [0.05, 0.1) is 31.4 Å². The normalized spacial score (nSPS) is 14.3. The molecule has 6 nitrogen and oxygen atoms in total. The van der Waals surface area contributed by atoms with E-state index in [1.165, 1.54) is 24.3 Å². The van der Waals surface area contributed by atoms with E-state index in [0.717, 1.165) is 26.4 Å². The van der Waals surface area contributed by atoms with Gasteiger partial charge in [0.15, 0.2) is 0 Å². The molecule has 1 saturated heterocycles. The van der Waals surface area contributed by atoms with E-state index < -0.39 is 10.2 Å². The molecular weight excluding hydrogens is 262 g/mol. The Balaban J connectivity index is 0.000000225. The second-order valence-electron chi connectivity index (χ2n) is 3.30. The van der Waals surface area contributed by atoms with Crippen LogP contribution in [0, 0.1) is 10.1 Å². The summed E-state index contributed by atoms with van der Waals surface area (Å²) >= 11 is 5.13. The van der Waals surface area contributed by atoms with E-state index in [-0.39, 0.29) is 11.3 Å². The average Bonchev–Trinajstić information content (AvgIpc) is 2.41. The summed E-state index contributed by atoms with van der Waals surface area (Å²) in [5.41, 5.74) is 0.193. The highest BCUT2D eigenvalue weighted by Crippen LogP contribution is 2.12. The maximum atomic E-state index is 10.5. The topological polar surface area (TPSA) is 78.7 Å². The molecule has 0 spiro atoms. The van der Waals surface area contributed by atoms with E-state index >= 15 is 0 Å². The fourth-order valence-electron chi connectivity index (χ4n) is 1.15. The monoisotopic (exact) mass is 273 g/mol. The van der Waals surface area contributed by atoms with Gasteiger partial charge in [-0.25, -0.2) is 0 Å². The van der Waals surface area contributed by atoms with Crippen molar-refractivity contribution >= 4 is 22.5 Å². The lowest BCUT2D eigenvalue weighted by Crippen LogP contribution is -2.16. The van der Waals surface area contributed by atoms with Gasteiger partial charge in [0.2, 0.25) is 0 Å². The molecule has 0 amide bonds. The Bertz CT molecular complexity index is 358. The zero-order chi connectivity index (χ0) is 13.4.